The molecular weight excluding hydrogens is 256 g/mol. The number of hydrogen-bond acceptors (Lipinski definition) is 2. The molecule has 2 atom stereocenters. The lowest BCUT2D eigenvalue weighted by Gasteiger charge is -2.16. The van der Waals surface area contributed by atoms with Gasteiger partial charge in [0.25, 0.3) is 0 Å². The third kappa shape index (κ3) is 4.46. The topological polar surface area (TPSA) is 29.1 Å². The maximum absolute atomic E-state index is 13.5. The molecule has 0 saturated heterocycles. The van der Waals surface area contributed by atoms with Gasteiger partial charge >= 0.3 is 0 Å². The van der Waals surface area contributed by atoms with Gasteiger partial charge in [0.1, 0.15) is 11.6 Å². The van der Waals surface area contributed by atoms with Gasteiger partial charge in [0.2, 0.25) is 0 Å². The van der Waals surface area contributed by atoms with Crippen molar-refractivity contribution >= 4 is 10.8 Å². The molecule has 1 N–H and O–H groups in total. The monoisotopic (exact) mass is 275 g/mol. The lowest BCUT2D eigenvalue weighted by molar-refractivity contribution is 0.530. The second-order valence-corrected chi connectivity index (χ2v) is 5.61. The Bertz CT molecular complexity index is 412. The molecule has 1 rings (SSSR count). The van der Waals surface area contributed by atoms with E-state index in [4.69, 9.17) is 0 Å². The van der Waals surface area contributed by atoms with Crippen molar-refractivity contribution in [3.05, 3.63) is 29.8 Å². The number of rotatable bonds is 7. The number of halogens is 2. The molecule has 102 valence electrons. The molecule has 0 aliphatic rings. The Kier molecular flexibility index (Phi) is 6.43. The molecule has 0 bridgehead atoms. The van der Waals surface area contributed by atoms with Crippen LogP contribution in [0.5, 0.6) is 0 Å². The van der Waals surface area contributed by atoms with E-state index in [1.165, 1.54) is 6.07 Å². The van der Waals surface area contributed by atoms with Crippen molar-refractivity contribution in [2.75, 3.05) is 12.3 Å². The third-order valence-corrected chi connectivity index (χ3v) is 4.19. The van der Waals surface area contributed by atoms with Gasteiger partial charge in [0.05, 0.1) is 15.7 Å². The van der Waals surface area contributed by atoms with Crippen molar-refractivity contribution in [3.8, 4) is 0 Å². The van der Waals surface area contributed by atoms with Crippen LogP contribution in [-0.4, -0.2) is 22.5 Å². The molecule has 0 spiro atoms. The highest BCUT2D eigenvalue weighted by Crippen LogP contribution is 2.15. The smallest absolute Gasteiger partial charge is 0.142 e. The zero-order valence-electron chi connectivity index (χ0n) is 10.7. The van der Waals surface area contributed by atoms with Gasteiger partial charge in [-0.2, -0.15) is 0 Å². The predicted octanol–water partition coefficient (Wildman–Crippen LogP) is 2.85. The molecule has 1 aromatic rings. The summed E-state index contributed by atoms with van der Waals surface area (Å²) in [7, 11) is -1.44. The Balaban J connectivity index is 2.68. The Morgan fingerprint density at radius 2 is 2.06 bits per heavy atom. The van der Waals surface area contributed by atoms with Crippen LogP contribution in [-0.2, 0) is 10.8 Å². The Morgan fingerprint density at radius 1 is 1.33 bits per heavy atom. The van der Waals surface area contributed by atoms with Crippen molar-refractivity contribution in [1.29, 1.82) is 0 Å². The zero-order chi connectivity index (χ0) is 13.5. The quantitative estimate of drug-likeness (QED) is 0.829. The summed E-state index contributed by atoms with van der Waals surface area (Å²) in [5.74, 6) is -1.04. The Hall–Kier alpha value is -0.810. The standard InChI is InChI=1S/C13H19F2NOS/c1-3-7-16-11(4-2)9-18(17)13-6-5-10(14)8-12(13)15/h5-6,8,11,16H,3-4,7,9H2,1-2H3. The second-order valence-electron chi connectivity index (χ2n) is 4.15. The minimum absolute atomic E-state index is 0.0770. The average Bonchev–Trinajstić information content (AvgIpc) is 2.34. The SMILES string of the molecule is CCCNC(CC)CS(=O)c1ccc(F)cc1F. The first-order valence-electron chi connectivity index (χ1n) is 6.15. The van der Waals surface area contributed by atoms with Crippen molar-refractivity contribution in [3.63, 3.8) is 0 Å². The van der Waals surface area contributed by atoms with Gasteiger partial charge in [-0.3, -0.25) is 4.21 Å². The number of nitrogens with one attached hydrogen (secondary N) is 1. The molecule has 0 heterocycles. The molecule has 1 aromatic carbocycles. The number of hydrogen-bond donors (Lipinski definition) is 1. The maximum Gasteiger partial charge on any atom is 0.142 e. The fourth-order valence-electron chi connectivity index (χ4n) is 1.60. The molecule has 0 aliphatic carbocycles. The first-order chi connectivity index (χ1) is 8.58. The average molecular weight is 275 g/mol. The highest BCUT2D eigenvalue weighted by Gasteiger charge is 2.15. The molecule has 0 radical (unpaired) electrons. The van der Waals surface area contributed by atoms with Gasteiger partial charge < -0.3 is 5.32 Å². The minimum Gasteiger partial charge on any atom is -0.313 e. The summed E-state index contributed by atoms with van der Waals surface area (Å²) in [6.07, 6.45) is 1.82. The molecule has 0 amide bonds. The fourth-order valence-corrected chi connectivity index (χ4v) is 3.00. The van der Waals surface area contributed by atoms with Crippen molar-refractivity contribution in [1.82, 2.24) is 5.32 Å². The van der Waals surface area contributed by atoms with E-state index in [1.54, 1.807) is 0 Å². The lowest BCUT2D eigenvalue weighted by Crippen LogP contribution is -2.34. The van der Waals surface area contributed by atoms with Gasteiger partial charge in [-0.25, -0.2) is 8.78 Å². The second kappa shape index (κ2) is 7.59. The van der Waals surface area contributed by atoms with Crippen molar-refractivity contribution in [2.24, 2.45) is 0 Å². The van der Waals surface area contributed by atoms with Gasteiger partial charge in [-0.05, 0) is 31.5 Å². The van der Waals surface area contributed by atoms with E-state index in [2.05, 4.69) is 12.2 Å². The maximum atomic E-state index is 13.5. The molecule has 0 aliphatic heterocycles. The summed E-state index contributed by atoms with van der Waals surface area (Å²) in [4.78, 5) is 0.0770. The predicted molar refractivity (Wildman–Crippen MR) is 70.0 cm³/mol. The fraction of sp³-hybridized carbons (Fsp3) is 0.538. The minimum atomic E-state index is -1.44. The summed E-state index contributed by atoms with van der Waals surface area (Å²) in [6, 6.07) is 3.26. The van der Waals surface area contributed by atoms with Gasteiger partial charge in [0.15, 0.2) is 0 Å². The summed E-state index contributed by atoms with van der Waals surface area (Å²) in [5.41, 5.74) is 0. The van der Waals surface area contributed by atoms with Crippen LogP contribution in [0.1, 0.15) is 26.7 Å². The van der Waals surface area contributed by atoms with E-state index in [9.17, 15) is 13.0 Å². The van der Waals surface area contributed by atoms with Gasteiger partial charge in [-0.15, -0.1) is 0 Å². The Labute approximate surface area is 109 Å². The van der Waals surface area contributed by atoms with Crippen LogP contribution in [0.3, 0.4) is 0 Å². The van der Waals surface area contributed by atoms with Crippen LogP contribution in [0.25, 0.3) is 0 Å². The van der Waals surface area contributed by atoms with E-state index in [1.807, 2.05) is 6.92 Å². The molecule has 0 fully saturated rings. The van der Waals surface area contributed by atoms with Crippen LogP contribution in [0.2, 0.25) is 0 Å². The molecule has 2 unspecified atom stereocenters. The first kappa shape index (κ1) is 15.2. The van der Waals surface area contributed by atoms with E-state index in [-0.39, 0.29) is 10.9 Å². The summed E-state index contributed by atoms with van der Waals surface area (Å²) in [5, 5.41) is 3.26. The van der Waals surface area contributed by atoms with Crippen LogP contribution in [0, 0.1) is 11.6 Å². The lowest BCUT2D eigenvalue weighted by atomic mass is 10.2. The summed E-state index contributed by atoms with van der Waals surface area (Å²) in [6.45, 7) is 4.89. The third-order valence-electron chi connectivity index (χ3n) is 2.67. The molecular formula is C13H19F2NOS. The normalized spacial score (nSPS) is 14.4. The Morgan fingerprint density at radius 3 is 2.61 bits per heavy atom. The molecule has 18 heavy (non-hydrogen) atoms. The zero-order valence-corrected chi connectivity index (χ0v) is 11.5. The number of benzene rings is 1. The summed E-state index contributed by atoms with van der Waals surface area (Å²) >= 11 is 0. The van der Waals surface area contributed by atoms with E-state index in [0.29, 0.717) is 5.75 Å². The van der Waals surface area contributed by atoms with Crippen LogP contribution < -0.4 is 5.32 Å². The molecule has 5 heteroatoms. The van der Waals surface area contributed by atoms with Crippen LogP contribution >= 0.6 is 0 Å². The van der Waals surface area contributed by atoms with Crippen LogP contribution in [0.4, 0.5) is 8.78 Å². The highest BCUT2D eigenvalue weighted by atomic mass is 32.2. The largest absolute Gasteiger partial charge is 0.313 e. The van der Waals surface area contributed by atoms with Crippen molar-refractivity contribution < 1.29 is 13.0 Å². The van der Waals surface area contributed by atoms with Crippen LogP contribution in [0.15, 0.2) is 23.1 Å². The molecule has 0 aromatic heterocycles. The van der Waals surface area contributed by atoms with E-state index < -0.39 is 22.4 Å². The van der Waals surface area contributed by atoms with Gasteiger partial charge in [-0.1, -0.05) is 13.8 Å². The van der Waals surface area contributed by atoms with E-state index in [0.717, 1.165) is 31.5 Å². The van der Waals surface area contributed by atoms with E-state index >= 15 is 0 Å². The van der Waals surface area contributed by atoms with Crippen molar-refractivity contribution in [2.45, 2.75) is 37.6 Å². The highest BCUT2D eigenvalue weighted by molar-refractivity contribution is 7.85. The molecule has 2 nitrogen and oxygen atoms in total. The first-order valence-corrected chi connectivity index (χ1v) is 7.47. The molecule has 0 saturated carbocycles. The summed E-state index contributed by atoms with van der Waals surface area (Å²) < 4.78 is 38.2. The van der Waals surface area contributed by atoms with Gasteiger partial charge in [0, 0.05) is 17.9 Å².